The van der Waals surface area contributed by atoms with Gasteiger partial charge in [-0.25, -0.2) is 0 Å². The van der Waals surface area contributed by atoms with Gasteiger partial charge in [0.25, 0.3) is 5.91 Å². The molecule has 3 aromatic rings. The van der Waals surface area contributed by atoms with Gasteiger partial charge in [-0.05, 0) is 48.0 Å². The number of rotatable bonds is 8. The molecule has 2 aliphatic rings. The second-order valence-electron chi connectivity index (χ2n) is 9.44. The minimum absolute atomic E-state index is 0.00873. The number of carbonyl (C=O) groups is 2. The molecule has 0 saturated heterocycles. The highest BCUT2D eigenvalue weighted by Gasteiger charge is 2.38. The predicted octanol–water partition coefficient (Wildman–Crippen LogP) is 5.26. The van der Waals surface area contributed by atoms with E-state index >= 15 is 0 Å². The Labute approximate surface area is 242 Å². The number of nitrogens with one attached hydrogen (secondary N) is 2. The number of nitrogens with zero attached hydrogens (tertiary/aromatic N) is 3. The van der Waals surface area contributed by atoms with Crippen molar-refractivity contribution in [2.24, 2.45) is 4.99 Å². The number of halogens is 5. The summed E-state index contributed by atoms with van der Waals surface area (Å²) >= 11 is 12.4. The summed E-state index contributed by atoms with van der Waals surface area (Å²) in [5, 5.41) is 19.9. The van der Waals surface area contributed by atoms with E-state index in [2.05, 4.69) is 15.6 Å². The maximum Gasteiger partial charge on any atom is 0.416 e. The monoisotopic (exact) mass is 603 g/mol. The minimum atomic E-state index is -4.47. The van der Waals surface area contributed by atoms with Crippen molar-refractivity contribution in [3.63, 3.8) is 0 Å². The van der Waals surface area contributed by atoms with Gasteiger partial charge in [0.15, 0.2) is 0 Å². The van der Waals surface area contributed by atoms with Gasteiger partial charge >= 0.3 is 12.1 Å². The number of aliphatic imine (C=N–C) groups is 1. The molecular weight excluding hydrogens is 582 g/mol. The molecule has 2 unspecified atom stereocenters. The van der Waals surface area contributed by atoms with E-state index < -0.39 is 35.7 Å². The highest BCUT2D eigenvalue weighted by Crippen LogP contribution is 2.32. The van der Waals surface area contributed by atoms with Crippen molar-refractivity contribution in [1.29, 1.82) is 0 Å². The van der Waals surface area contributed by atoms with Crippen LogP contribution in [0.2, 0.25) is 10.0 Å². The summed E-state index contributed by atoms with van der Waals surface area (Å²) < 4.78 is 41.5. The molecular formula is C28H22Cl2F3N5O3. The van der Waals surface area contributed by atoms with Crippen molar-refractivity contribution in [3.8, 4) is 11.3 Å². The van der Waals surface area contributed by atoms with Crippen molar-refractivity contribution in [2.75, 3.05) is 6.54 Å². The Hall–Kier alpha value is -4.09. The number of carboxylic acids is 1. The molecule has 0 saturated carbocycles. The predicted molar refractivity (Wildman–Crippen MR) is 148 cm³/mol. The van der Waals surface area contributed by atoms with Crippen LogP contribution in [0.1, 0.15) is 28.0 Å². The average molecular weight is 604 g/mol. The summed E-state index contributed by atoms with van der Waals surface area (Å²) in [6.07, 6.45) is -1.07. The number of benzene rings is 2. The Balaban J connectivity index is 1.43. The molecule has 5 rings (SSSR count). The molecule has 13 heteroatoms. The summed E-state index contributed by atoms with van der Waals surface area (Å²) in [6, 6.07) is 12.3. The van der Waals surface area contributed by atoms with Crippen molar-refractivity contribution in [1.82, 2.24) is 20.4 Å². The lowest BCUT2D eigenvalue weighted by atomic mass is 9.99. The fraction of sp³-hybridized carbons (Fsp3) is 0.214. The van der Waals surface area contributed by atoms with Crippen LogP contribution in [0, 0.1) is 0 Å². The normalized spacial score (nSPS) is 17.9. The van der Waals surface area contributed by atoms with Crippen LogP contribution in [0.25, 0.3) is 11.3 Å². The molecule has 8 nitrogen and oxygen atoms in total. The van der Waals surface area contributed by atoms with E-state index in [9.17, 15) is 22.8 Å². The SMILES string of the molecule is O=C(O)CCNC(=O)c1ccc(Cn2nc(-c3cc(Cl)cc(Cl)c3)cc2C2=NC3C=CC(C(F)(F)F)=CC3N2)cc1. The summed E-state index contributed by atoms with van der Waals surface area (Å²) in [6.45, 7) is 0.259. The molecule has 1 amide bonds. The van der Waals surface area contributed by atoms with E-state index in [0.29, 0.717) is 38.4 Å². The Kier molecular flexibility index (Phi) is 7.92. The van der Waals surface area contributed by atoms with Crippen LogP contribution in [-0.4, -0.2) is 57.4 Å². The number of carboxylic acid groups (broad SMARTS) is 1. The molecule has 1 aliphatic heterocycles. The Morgan fingerprint density at radius 2 is 1.78 bits per heavy atom. The van der Waals surface area contributed by atoms with Gasteiger partial charge in [-0.2, -0.15) is 18.3 Å². The lowest BCUT2D eigenvalue weighted by Crippen LogP contribution is -2.36. The van der Waals surface area contributed by atoms with Crippen LogP contribution in [0.3, 0.4) is 0 Å². The number of aliphatic carboxylic acids is 1. The molecule has 212 valence electrons. The van der Waals surface area contributed by atoms with E-state index in [4.69, 9.17) is 33.4 Å². The first-order valence-corrected chi connectivity index (χ1v) is 13.2. The number of allylic oxidation sites excluding steroid dienone is 2. The van der Waals surface area contributed by atoms with Crippen LogP contribution in [0.4, 0.5) is 13.2 Å². The molecule has 0 fully saturated rings. The van der Waals surface area contributed by atoms with Crippen LogP contribution in [-0.2, 0) is 11.3 Å². The fourth-order valence-electron chi connectivity index (χ4n) is 4.48. The maximum atomic E-state index is 13.3. The first-order valence-electron chi connectivity index (χ1n) is 12.4. The second-order valence-corrected chi connectivity index (χ2v) is 10.3. The molecule has 3 N–H and O–H groups in total. The Morgan fingerprint density at radius 1 is 1.07 bits per heavy atom. The number of fused-ring (bicyclic) bond motifs is 1. The molecule has 1 aliphatic carbocycles. The van der Waals surface area contributed by atoms with Crippen molar-refractivity contribution in [3.05, 3.63) is 99.2 Å². The Morgan fingerprint density at radius 3 is 2.44 bits per heavy atom. The lowest BCUT2D eigenvalue weighted by molar-refractivity contribution is -0.136. The molecule has 1 aromatic heterocycles. The fourth-order valence-corrected chi connectivity index (χ4v) is 5.01. The van der Waals surface area contributed by atoms with Gasteiger partial charge in [0.2, 0.25) is 0 Å². The van der Waals surface area contributed by atoms with Crippen LogP contribution >= 0.6 is 23.2 Å². The summed E-state index contributed by atoms with van der Waals surface area (Å²) in [7, 11) is 0. The molecule has 2 aromatic carbocycles. The number of amides is 1. The van der Waals surface area contributed by atoms with Gasteiger partial charge in [0.05, 0.1) is 36.3 Å². The smallest absolute Gasteiger partial charge is 0.416 e. The van der Waals surface area contributed by atoms with E-state index in [-0.39, 0.29) is 19.5 Å². The van der Waals surface area contributed by atoms with E-state index in [1.165, 1.54) is 6.08 Å². The highest BCUT2D eigenvalue weighted by molar-refractivity contribution is 6.35. The van der Waals surface area contributed by atoms with E-state index in [0.717, 1.165) is 17.7 Å². The molecule has 2 heterocycles. The molecule has 0 bridgehead atoms. The number of hydrogen-bond donors (Lipinski definition) is 3. The summed E-state index contributed by atoms with van der Waals surface area (Å²) in [4.78, 5) is 27.6. The number of carbonyl (C=O) groups excluding carboxylic acids is 1. The zero-order valence-electron chi connectivity index (χ0n) is 21.1. The summed E-state index contributed by atoms with van der Waals surface area (Å²) in [5.41, 5.74) is 2.11. The van der Waals surface area contributed by atoms with Crippen molar-refractivity contribution < 1.29 is 27.9 Å². The Bertz CT molecular complexity index is 1580. The van der Waals surface area contributed by atoms with Gasteiger partial charge in [0.1, 0.15) is 11.5 Å². The third-order valence-electron chi connectivity index (χ3n) is 6.46. The van der Waals surface area contributed by atoms with Crippen LogP contribution in [0.5, 0.6) is 0 Å². The first-order chi connectivity index (χ1) is 19.5. The van der Waals surface area contributed by atoms with Gasteiger partial charge in [-0.3, -0.25) is 19.3 Å². The largest absolute Gasteiger partial charge is 0.481 e. The average Bonchev–Trinajstić information content (AvgIpc) is 3.51. The van der Waals surface area contributed by atoms with Gasteiger partial charge in [0, 0.05) is 27.7 Å². The van der Waals surface area contributed by atoms with Crippen molar-refractivity contribution >= 4 is 40.9 Å². The second kappa shape index (κ2) is 11.4. The third-order valence-corrected chi connectivity index (χ3v) is 6.90. The minimum Gasteiger partial charge on any atom is -0.481 e. The topological polar surface area (TPSA) is 109 Å². The molecule has 0 spiro atoms. The number of amidine groups is 1. The first kappa shape index (κ1) is 28.4. The standard InChI is InChI=1S/C28H22Cl2F3N5O3/c29-19-9-17(10-20(30)12-19)22-13-24(26-35-21-6-5-18(28(31,32)33)11-23(21)36-26)38(37-22)14-15-1-3-16(4-2-15)27(41)34-8-7-25(39)40/h1-6,9-13,21,23H,7-8,14H2,(H,34,41)(H,35,36)(H,39,40). The molecule has 41 heavy (non-hydrogen) atoms. The third kappa shape index (κ3) is 6.63. The molecule has 0 radical (unpaired) electrons. The zero-order chi connectivity index (χ0) is 29.3. The number of hydrogen-bond acceptors (Lipinski definition) is 5. The van der Waals surface area contributed by atoms with E-state index in [1.807, 2.05) is 0 Å². The highest BCUT2D eigenvalue weighted by atomic mass is 35.5. The van der Waals surface area contributed by atoms with Gasteiger partial charge in [-0.15, -0.1) is 0 Å². The summed E-state index contributed by atoms with van der Waals surface area (Å²) in [5.74, 6) is -1.03. The number of alkyl halides is 3. The maximum absolute atomic E-state index is 13.3. The van der Waals surface area contributed by atoms with Crippen LogP contribution in [0.15, 0.2) is 77.3 Å². The quantitative estimate of drug-likeness (QED) is 0.326. The van der Waals surface area contributed by atoms with Gasteiger partial charge < -0.3 is 15.7 Å². The zero-order valence-corrected chi connectivity index (χ0v) is 22.6. The van der Waals surface area contributed by atoms with Crippen molar-refractivity contribution in [2.45, 2.75) is 31.2 Å². The van der Waals surface area contributed by atoms with Crippen LogP contribution < -0.4 is 10.6 Å². The lowest BCUT2D eigenvalue weighted by Gasteiger charge is -2.19. The number of aromatic nitrogens is 2. The van der Waals surface area contributed by atoms with E-state index in [1.54, 1.807) is 53.2 Å². The van der Waals surface area contributed by atoms with Gasteiger partial charge in [-0.1, -0.05) is 47.5 Å². The molecule has 2 atom stereocenters.